The van der Waals surface area contributed by atoms with Crippen LogP contribution in [0.25, 0.3) is 22.0 Å². The summed E-state index contributed by atoms with van der Waals surface area (Å²) >= 11 is 0. The van der Waals surface area contributed by atoms with Crippen molar-refractivity contribution in [3.8, 4) is 11.3 Å². The molecule has 22 heavy (non-hydrogen) atoms. The van der Waals surface area contributed by atoms with Gasteiger partial charge >= 0.3 is 0 Å². The van der Waals surface area contributed by atoms with Gasteiger partial charge in [0.1, 0.15) is 7.05 Å². The van der Waals surface area contributed by atoms with Crippen LogP contribution in [0.15, 0.2) is 54.7 Å². The second kappa shape index (κ2) is 5.36. The van der Waals surface area contributed by atoms with E-state index in [2.05, 4.69) is 92.9 Å². The van der Waals surface area contributed by atoms with Gasteiger partial charge in [0.25, 0.3) is 0 Å². The fraction of sp³-hybridized carbons (Fsp3) is 0.250. The highest BCUT2D eigenvalue weighted by Gasteiger charge is 2.22. The van der Waals surface area contributed by atoms with Crippen molar-refractivity contribution in [2.24, 2.45) is 7.05 Å². The first-order chi connectivity index (χ1) is 10.4. The second-order valence-electron chi connectivity index (χ2n) is 7.14. The Hall–Kier alpha value is -1.93. The maximum atomic E-state index is 2.39. The Morgan fingerprint density at radius 1 is 0.864 bits per heavy atom. The van der Waals surface area contributed by atoms with Gasteiger partial charge in [-0.15, -0.1) is 0 Å². The van der Waals surface area contributed by atoms with Crippen LogP contribution in [0, 0.1) is 6.92 Å². The molecular formula is C20H24NSi+. The Labute approximate surface area is 134 Å². The maximum absolute atomic E-state index is 2.39. The smallest absolute Gasteiger partial charge is 0.201 e. The third-order valence-electron chi connectivity index (χ3n) is 4.39. The molecule has 0 atom stereocenters. The standard InChI is InChI=1S/C20H24NSi/c1-15-10-11-16-8-6-7-9-18(16)20(15)19-13-12-17(14-21(19)2)22(3,4)5/h6-14H,1-5H3/q+1. The molecule has 0 spiro atoms. The zero-order valence-electron chi connectivity index (χ0n) is 14.1. The SMILES string of the molecule is Cc1ccc2ccccc2c1-c1ccc([Si](C)(C)C)c[n+]1C. The minimum Gasteiger partial charge on any atom is -0.201 e. The van der Waals surface area contributed by atoms with Crippen LogP contribution >= 0.6 is 0 Å². The number of hydrogen-bond acceptors (Lipinski definition) is 0. The van der Waals surface area contributed by atoms with Crippen molar-refractivity contribution in [2.45, 2.75) is 26.6 Å². The molecule has 0 saturated carbocycles. The van der Waals surface area contributed by atoms with E-state index < -0.39 is 8.07 Å². The maximum Gasteiger partial charge on any atom is 0.213 e. The van der Waals surface area contributed by atoms with Crippen molar-refractivity contribution in [3.05, 3.63) is 60.3 Å². The van der Waals surface area contributed by atoms with Gasteiger partial charge in [-0.3, -0.25) is 0 Å². The lowest BCUT2D eigenvalue weighted by Gasteiger charge is -2.16. The van der Waals surface area contributed by atoms with Crippen LogP contribution in [-0.4, -0.2) is 8.07 Å². The molecule has 0 fully saturated rings. The molecule has 0 unspecified atom stereocenters. The average Bonchev–Trinajstić information content (AvgIpc) is 2.47. The third-order valence-corrected chi connectivity index (χ3v) is 6.42. The van der Waals surface area contributed by atoms with Crippen LogP contribution < -0.4 is 9.75 Å². The summed E-state index contributed by atoms with van der Waals surface area (Å²) in [6.45, 7) is 9.38. The van der Waals surface area contributed by atoms with Crippen molar-refractivity contribution < 1.29 is 4.57 Å². The molecule has 1 nitrogen and oxygen atoms in total. The largest absolute Gasteiger partial charge is 0.213 e. The highest BCUT2D eigenvalue weighted by molar-refractivity contribution is 6.88. The molecule has 0 aliphatic carbocycles. The Kier molecular flexibility index (Phi) is 3.65. The highest BCUT2D eigenvalue weighted by atomic mass is 28.3. The lowest BCUT2D eigenvalue weighted by Crippen LogP contribution is -2.45. The fourth-order valence-corrected chi connectivity index (χ4v) is 4.20. The topological polar surface area (TPSA) is 3.88 Å². The lowest BCUT2D eigenvalue weighted by atomic mass is 9.97. The van der Waals surface area contributed by atoms with Gasteiger partial charge in [-0.1, -0.05) is 62.1 Å². The summed E-state index contributed by atoms with van der Waals surface area (Å²) in [6.07, 6.45) is 2.32. The molecule has 2 aromatic carbocycles. The van der Waals surface area contributed by atoms with E-state index in [1.54, 1.807) is 0 Å². The molecule has 0 aliphatic heterocycles. The fourth-order valence-electron chi connectivity index (χ4n) is 3.03. The second-order valence-corrected chi connectivity index (χ2v) is 12.2. The van der Waals surface area contributed by atoms with Gasteiger partial charge in [0.2, 0.25) is 5.69 Å². The first kappa shape index (κ1) is 15.0. The zero-order chi connectivity index (χ0) is 15.9. The van der Waals surface area contributed by atoms with Gasteiger partial charge in [-0.25, -0.2) is 4.57 Å². The minimum absolute atomic E-state index is 1.28. The number of pyridine rings is 1. The quantitative estimate of drug-likeness (QED) is 0.494. The molecular weight excluding hydrogens is 282 g/mol. The van der Waals surface area contributed by atoms with Crippen molar-refractivity contribution in [3.63, 3.8) is 0 Å². The Morgan fingerprint density at radius 2 is 1.59 bits per heavy atom. The molecule has 0 aliphatic rings. The molecule has 0 saturated heterocycles. The van der Waals surface area contributed by atoms with E-state index in [9.17, 15) is 0 Å². The molecule has 1 aromatic heterocycles. The number of aryl methyl sites for hydroxylation is 2. The average molecular weight is 307 g/mol. The van der Waals surface area contributed by atoms with E-state index in [0.29, 0.717) is 0 Å². The van der Waals surface area contributed by atoms with Crippen LogP contribution in [0.5, 0.6) is 0 Å². The monoisotopic (exact) mass is 306 g/mol. The lowest BCUT2D eigenvalue weighted by molar-refractivity contribution is -0.659. The van der Waals surface area contributed by atoms with Crippen molar-refractivity contribution >= 4 is 24.0 Å². The van der Waals surface area contributed by atoms with Gasteiger partial charge in [-0.05, 0) is 23.3 Å². The molecule has 3 rings (SSSR count). The van der Waals surface area contributed by atoms with Crippen molar-refractivity contribution in [1.29, 1.82) is 0 Å². The molecule has 112 valence electrons. The Bertz CT molecular complexity index is 844. The summed E-state index contributed by atoms with van der Waals surface area (Å²) in [5, 5.41) is 4.13. The van der Waals surface area contributed by atoms with E-state index in [0.717, 1.165) is 0 Å². The molecule has 0 N–H and O–H groups in total. The number of hydrogen-bond donors (Lipinski definition) is 0. The summed E-state index contributed by atoms with van der Waals surface area (Å²) < 4.78 is 2.29. The summed E-state index contributed by atoms with van der Waals surface area (Å²) in [7, 11) is 0.890. The number of rotatable bonds is 2. The van der Waals surface area contributed by atoms with E-state index in [1.807, 2.05) is 0 Å². The first-order valence-electron chi connectivity index (χ1n) is 7.87. The molecule has 0 amide bonds. The van der Waals surface area contributed by atoms with E-state index in [-0.39, 0.29) is 0 Å². The predicted octanol–water partition coefficient (Wildman–Crippen LogP) is 4.18. The summed E-state index contributed by atoms with van der Waals surface area (Å²) in [5.74, 6) is 0. The molecule has 3 aromatic rings. The van der Waals surface area contributed by atoms with Crippen LogP contribution in [0.3, 0.4) is 0 Å². The van der Waals surface area contributed by atoms with E-state index in [1.165, 1.54) is 32.8 Å². The van der Waals surface area contributed by atoms with Gasteiger partial charge in [0.05, 0.1) is 13.6 Å². The van der Waals surface area contributed by atoms with Crippen LogP contribution in [-0.2, 0) is 7.05 Å². The normalized spacial score (nSPS) is 11.9. The predicted molar refractivity (Wildman–Crippen MR) is 98.3 cm³/mol. The summed E-state index contributed by atoms with van der Waals surface area (Å²) in [6, 6.07) is 17.7. The van der Waals surface area contributed by atoms with Gasteiger partial charge < -0.3 is 0 Å². The number of nitrogens with zero attached hydrogens (tertiary/aromatic N) is 1. The first-order valence-corrected chi connectivity index (χ1v) is 11.4. The highest BCUT2D eigenvalue weighted by Crippen LogP contribution is 2.29. The molecule has 1 heterocycles. The number of benzene rings is 2. The van der Waals surface area contributed by atoms with Crippen molar-refractivity contribution in [1.82, 2.24) is 0 Å². The molecule has 2 heteroatoms. The Morgan fingerprint density at radius 3 is 2.27 bits per heavy atom. The van der Waals surface area contributed by atoms with Crippen LogP contribution in [0.2, 0.25) is 19.6 Å². The molecule has 0 bridgehead atoms. The van der Waals surface area contributed by atoms with Crippen LogP contribution in [0.1, 0.15) is 5.56 Å². The number of fused-ring (bicyclic) bond motifs is 1. The van der Waals surface area contributed by atoms with Gasteiger partial charge in [0, 0.05) is 11.3 Å². The van der Waals surface area contributed by atoms with E-state index in [4.69, 9.17) is 0 Å². The Balaban J connectivity index is 2.26. The van der Waals surface area contributed by atoms with E-state index >= 15 is 0 Å². The van der Waals surface area contributed by atoms with Crippen LogP contribution in [0.4, 0.5) is 0 Å². The summed E-state index contributed by atoms with van der Waals surface area (Å²) in [4.78, 5) is 0. The zero-order valence-corrected chi connectivity index (χ0v) is 15.1. The van der Waals surface area contributed by atoms with Crippen molar-refractivity contribution in [2.75, 3.05) is 0 Å². The number of aromatic nitrogens is 1. The third kappa shape index (κ3) is 2.59. The molecule has 0 radical (unpaired) electrons. The minimum atomic E-state index is -1.28. The van der Waals surface area contributed by atoms with Gasteiger partial charge in [-0.2, -0.15) is 0 Å². The summed E-state index contributed by atoms with van der Waals surface area (Å²) in [5.41, 5.74) is 3.97. The van der Waals surface area contributed by atoms with Gasteiger partial charge in [0.15, 0.2) is 6.20 Å².